The van der Waals surface area contributed by atoms with Crippen LogP contribution in [-0.2, 0) is 0 Å². The zero-order valence-electron chi connectivity index (χ0n) is 12.4. The molecule has 7 nitrogen and oxygen atoms in total. The molecule has 0 heterocycles. The second-order valence-electron chi connectivity index (χ2n) is 4.48. The Morgan fingerprint density at radius 2 is 1.87 bits per heavy atom. The normalized spacial score (nSPS) is 10.3. The van der Waals surface area contributed by atoms with Gasteiger partial charge in [0, 0.05) is 12.3 Å². The van der Waals surface area contributed by atoms with E-state index in [-0.39, 0.29) is 11.4 Å². The minimum absolute atomic E-state index is 0.132. The summed E-state index contributed by atoms with van der Waals surface area (Å²) in [4.78, 5) is 22.1. The predicted octanol–water partition coefficient (Wildman–Crippen LogP) is 3.40. The van der Waals surface area contributed by atoms with E-state index >= 15 is 0 Å². The Kier molecular flexibility index (Phi) is 5.30. The molecule has 0 radical (unpaired) electrons. The third-order valence-corrected chi connectivity index (χ3v) is 2.95. The van der Waals surface area contributed by atoms with E-state index in [2.05, 4.69) is 10.6 Å². The van der Waals surface area contributed by atoms with Crippen molar-refractivity contribution in [3.05, 3.63) is 70.4 Å². The molecule has 0 spiro atoms. The van der Waals surface area contributed by atoms with E-state index in [4.69, 9.17) is 4.74 Å². The summed E-state index contributed by atoms with van der Waals surface area (Å²) in [6, 6.07) is 12.6. The topological polar surface area (TPSA) is 93.5 Å². The van der Waals surface area contributed by atoms with Gasteiger partial charge in [-0.2, -0.15) is 0 Å². The molecule has 2 rings (SSSR count). The third kappa shape index (κ3) is 4.57. The molecule has 23 heavy (non-hydrogen) atoms. The minimum atomic E-state index is -0.566. The number of para-hydroxylation sites is 2. The maximum absolute atomic E-state index is 11.8. The van der Waals surface area contributed by atoms with Crippen molar-refractivity contribution in [2.24, 2.45) is 0 Å². The molecule has 0 saturated carbocycles. The highest BCUT2D eigenvalue weighted by Crippen LogP contribution is 2.22. The molecule has 2 aromatic rings. The molecule has 0 atom stereocenters. The number of hydrogen-bond acceptors (Lipinski definition) is 4. The molecule has 0 aliphatic carbocycles. The van der Waals surface area contributed by atoms with Crippen LogP contribution in [0.3, 0.4) is 0 Å². The largest absolute Gasteiger partial charge is 0.497 e. The van der Waals surface area contributed by atoms with Crippen LogP contribution in [0.1, 0.15) is 5.56 Å². The number of hydrogen-bond donors (Lipinski definition) is 2. The van der Waals surface area contributed by atoms with Crippen molar-refractivity contribution in [2.75, 3.05) is 12.4 Å². The summed E-state index contributed by atoms with van der Waals surface area (Å²) in [5.74, 6) is 0.740. The van der Waals surface area contributed by atoms with E-state index < -0.39 is 11.0 Å². The summed E-state index contributed by atoms with van der Waals surface area (Å²) in [6.45, 7) is 0. The molecule has 0 aromatic heterocycles. The SMILES string of the molecule is COc1ccc(/C=C/NC(=O)Nc2ccccc2[N+](=O)[O-])cc1. The summed E-state index contributed by atoms with van der Waals surface area (Å²) >= 11 is 0. The van der Waals surface area contributed by atoms with Crippen LogP contribution in [0.25, 0.3) is 6.08 Å². The van der Waals surface area contributed by atoms with Gasteiger partial charge in [-0.1, -0.05) is 24.3 Å². The number of anilines is 1. The van der Waals surface area contributed by atoms with Crippen molar-refractivity contribution < 1.29 is 14.5 Å². The number of ether oxygens (including phenoxy) is 1. The van der Waals surface area contributed by atoms with Crippen LogP contribution in [0, 0.1) is 10.1 Å². The molecule has 0 fully saturated rings. The highest BCUT2D eigenvalue weighted by Gasteiger charge is 2.13. The molecular formula is C16H15N3O4. The van der Waals surface area contributed by atoms with Gasteiger partial charge in [0.1, 0.15) is 11.4 Å². The molecule has 7 heteroatoms. The van der Waals surface area contributed by atoms with Gasteiger partial charge >= 0.3 is 6.03 Å². The number of rotatable bonds is 5. The van der Waals surface area contributed by atoms with Crippen molar-refractivity contribution in [3.8, 4) is 5.75 Å². The molecule has 0 aliphatic heterocycles. The number of methoxy groups -OCH3 is 1. The van der Waals surface area contributed by atoms with Crippen LogP contribution in [0.5, 0.6) is 5.75 Å². The predicted molar refractivity (Wildman–Crippen MR) is 87.3 cm³/mol. The van der Waals surface area contributed by atoms with Crippen LogP contribution < -0.4 is 15.4 Å². The van der Waals surface area contributed by atoms with Crippen LogP contribution >= 0.6 is 0 Å². The lowest BCUT2D eigenvalue weighted by Gasteiger charge is -2.05. The van der Waals surface area contributed by atoms with Gasteiger partial charge < -0.3 is 15.4 Å². The van der Waals surface area contributed by atoms with Crippen LogP contribution in [-0.4, -0.2) is 18.1 Å². The Morgan fingerprint density at radius 3 is 2.52 bits per heavy atom. The van der Waals surface area contributed by atoms with Crippen molar-refractivity contribution >= 4 is 23.5 Å². The van der Waals surface area contributed by atoms with Gasteiger partial charge in [0.25, 0.3) is 5.69 Å². The smallest absolute Gasteiger partial charge is 0.323 e. The first kappa shape index (κ1) is 16.0. The second-order valence-corrected chi connectivity index (χ2v) is 4.48. The Morgan fingerprint density at radius 1 is 1.17 bits per heavy atom. The lowest BCUT2D eigenvalue weighted by molar-refractivity contribution is -0.383. The first-order valence-electron chi connectivity index (χ1n) is 6.71. The van der Waals surface area contributed by atoms with Crippen molar-refractivity contribution in [2.45, 2.75) is 0 Å². The Hall–Kier alpha value is -3.35. The average Bonchev–Trinajstić information content (AvgIpc) is 2.56. The summed E-state index contributed by atoms with van der Waals surface area (Å²) < 4.78 is 5.05. The highest BCUT2D eigenvalue weighted by molar-refractivity contribution is 5.92. The fourth-order valence-electron chi connectivity index (χ4n) is 1.83. The van der Waals surface area contributed by atoms with Gasteiger partial charge in [-0.3, -0.25) is 10.1 Å². The van der Waals surface area contributed by atoms with Gasteiger partial charge in [-0.25, -0.2) is 4.79 Å². The van der Waals surface area contributed by atoms with Gasteiger partial charge in [0.15, 0.2) is 0 Å². The Labute approximate surface area is 132 Å². The third-order valence-electron chi connectivity index (χ3n) is 2.95. The Balaban J connectivity index is 1.94. The molecule has 2 aromatic carbocycles. The number of amides is 2. The van der Waals surface area contributed by atoms with Crippen LogP contribution in [0.15, 0.2) is 54.7 Å². The molecule has 118 valence electrons. The van der Waals surface area contributed by atoms with E-state index in [0.717, 1.165) is 11.3 Å². The number of urea groups is 1. The number of nitro benzene ring substituents is 1. The van der Waals surface area contributed by atoms with Gasteiger partial charge in [-0.05, 0) is 29.8 Å². The average molecular weight is 313 g/mol. The summed E-state index contributed by atoms with van der Waals surface area (Å²) in [5, 5.41) is 15.8. The van der Waals surface area contributed by atoms with E-state index in [0.29, 0.717) is 0 Å². The lowest BCUT2D eigenvalue weighted by atomic mass is 10.2. The lowest BCUT2D eigenvalue weighted by Crippen LogP contribution is -2.24. The molecule has 0 unspecified atom stereocenters. The zero-order valence-corrected chi connectivity index (χ0v) is 12.4. The Bertz CT molecular complexity index is 726. The quantitative estimate of drug-likeness (QED) is 0.653. The van der Waals surface area contributed by atoms with E-state index in [1.807, 2.05) is 12.1 Å². The number of carbonyl (C=O) groups is 1. The molecule has 0 saturated heterocycles. The first-order chi connectivity index (χ1) is 11.1. The first-order valence-corrected chi connectivity index (χ1v) is 6.71. The number of nitrogens with one attached hydrogen (secondary N) is 2. The van der Waals surface area contributed by atoms with Crippen molar-refractivity contribution in [1.29, 1.82) is 0 Å². The van der Waals surface area contributed by atoms with Crippen molar-refractivity contribution in [1.82, 2.24) is 5.32 Å². The second kappa shape index (κ2) is 7.60. The molecule has 2 amide bonds. The highest BCUT2D eigenvalue weighted by atomic mass is 16.6. The maximum Gasteiger partial charge on any atom is 0.323 e. The maximum atomic E-state index is 11.8. The van der Waals surface area contributed by atoms with E-state index in [1.165, 1.54) is 24.4 Å². The number of carbonyl (C=O) groups excluding carboxylic acids is 1. The fourth-order valence-corrected chi connectivity index (χ4v) is 1.83. The summed E-state index contributed by atoms with van der Waals surface area (Å²) in [6.07, 6.45) is 3.14. The monoisotopic (exact) mass is 313 g/mol. The molecule has 0 aliphatic rings. The van der Waals surface area contributed by atoms with Crippen LogP contribution in [0.4, 0.5) is 16.2 Å². The van der Waals surface area contributed by atoms with Crippen LogP contribution in [0.2, 0.25) is 0 Å². The van der Waals surface area contributed by atoms with E-state index in [1.54, 1.807) is 31.4 Å². The standard InChI is InChI=1S/C16H15N3O4/c1-23-13-8-6-12(7-9-13)10-11-17-16(20)18-14-4-2-3-5-15(14)19(21)22/h2-11H,1H3,(H2,17,18,20)/b11-10+. The van der Waals surface area contributed by atoms with Gasteiger partial charge in [-0.15, -0.1) is 0 Å². The number of nitro groups is 1. The molecular weight excluding hydrogens is 298 g/mol. The molecule has 0 bridgehead atoms. The van der Waals surface area contributed by atoms with Gasteiger partial charge in [0.05, 0.1) is 12.0 Å². The summed E-state index contributed by atoms with van der Waals surface area (Å²) in [7, 11) is 1.58. The zero-order chi connectivity index (χ0) is 16.7. The van der Waals surface area contributed by atoms with Crippen molar-refractivity contribution in [3.63, 3.8) is 0 Å². The number of benzene rings is 2. The summed E-state index contributed by atoms with van der Waals surface area (Å²) in [5.41, 5.74) is 0.839. The molecule has 2 N–H and O–H groups in total. The van der Waals surface area contributed by atoms with E-state index in [9.17, 15) is 14.9 Å². The van der Waals surface area contributed by atoms with Gasteiger partial charge in [0.2, 0.25) is 0 Å². The fraction of sp³-hybridized carbons (Fsp3) is 0.0625. The minimum Gasteiger partial charge on any atom is -0.497 e. The number of nitrogens with zero attached hydrogens (tertiary/aromatic N) is 1.